The maximum Gasteiger partial charge on any atom is 0.314 e. The number of rotatable bonds is 2. The van der Waals surface area contributed by atoms with Gasteiger partial charge in [-0.3, -0.25) is 0 Å². The fraction of sp³-hybridized carbons (Fsp3) is 0.583. The summed E-state index contributed by atoms with van der Waals surface area (Å²) in [6.45, 7) is 5.24. The molecule has 0 aliphatic carbocycles. The summed E-state index contributed by atoms with van der Waals surface area (Å²) in [4.78, 5) is 21.5. The van der Waals surface area contributed by atoms with Gasteiger partial charge >= 0.3 is 6.03 Å². The van der Waals surface area contributed by atoms with Crippen LogP contribution in [0.25, 0.3) is 0 Å². The molecule has 0 spiro atoms. The normalized spacial score (nSPS) is 19.7. The molecule has 1 saturated heterocycles. The van der Waals surface area contributed by atoms with Crippen molar-refractivity contribution >= 4 is 12.0 Å². The summed E-state index contributed by atoms with van der Waals surface area (Å²) in [5.74, 6) is 0.629. The molecule has 1 aliphatic rings. The summed E-state index contributed by atoms with van der Waals surface area (Å²) < 4.78 is 0. The molecule has 0 aromatic carbocycles. The zero-order chi connectivity index (χ0) is 13.1. The van der Waals surface area contributed by atoms with E-state index in [9.17, 15) is 4.79 Å². The number of piperidine rings is 1. The number of amides is 2. The van der Waals surface area contributed by atoms with Gasteiger partial charge in [0.05, 0.1) is 0 Å². The van der Waals surface area contributed by atoms with E-state index in [-0.39, 0.29) is 12.1 Å². The van der Waals surface area contributed by atoms with E-state index in [1.165, 1.54) is 0 Å². The highest BCUT2D eigenvalue weighted by Gasteiger charge is 2.22. The number of likely N-dealkylation sites (tertiary alicyclic amines) is 1. The Morgan fingerprint density at radius 3 is 2.72 bits per heavy atom. The first-order valence-corrected chi connectivity index (χ1v) is 6.18. The molecule has 6 heteroatoms. The van der Waals surface area contributed by atoms with Crippen LogP contribution in [-0.4, -0.2) is 40.0 Å². The summed E-state index contributed by atoms with van der Waals surface area (Å²) in [6, 6.07) is 1.75. The molecule has 2 rings (SSSR count). The number of carbonyl (C=O) groups is 1. The zero-order valence-corrected chi connectivity index (χ0v) is 10.8. The van der Waals surface area contributed by atoms with Crippen LogP contribution in [0.4, 0.5) is 10.7 Å². The second-order valence-electron chi connectivity index (χ2n) is 4.74. The minimum absolute atomic E-state index is 0.174. The molecule has 0 saturated carbocycles. The highest BCUT2D eigenvalue weighted by Crippen LogP contribution is 2.14. The van der Waals surface area contributed by atoms with Gasteiger partial charge in [0.2, 0.25) is 5.95 Å². The first-order chi connectivity index (χ1) is 8.54. The lowest BCUT2D eigenvalue weighted by molar-refractivity contribution is 0.192. The van der Waals surface area contributed by atoms with E-state index in [2.05, 4.69) is 15.3 Å². The zero-order valence-electron chi connectivity index (χ0n) is 10.8. The van der Waals surface area contributed by atoms with Crippen LogP contribution in [0.1, 0.15) is 24.2 Å². The Morgan fingerprint density at radius 2 is 2.11 bits per heavy atom. The van der Waals surface area contributed by atoms with Crippen molar-refractivity contribution in [3.05, 3.63) is 17.5 Å². The molecule has 0 radical (unpaired) electrons. The van der Waals surface area contributed by atoms with Crippen molar-refractivity contribution in [3.63, 3.8) is 0 Å². The average molecular weight is 249 g/mol. The van der Waals surface area contributed by atoms with Crippen LogP contribution in [0.15, 0.2) is 6.07 Å². The minimum atomic E-state index is -0.358. The molecule has 1 fully saturated rings. The van der Waals surface area contributed by atoms with Crippen molar-refractivity contribution in [2.24, 2.45) is 5.73 Å². The standard InChI is InChI=1S/C12H19N5O/c1-8-6-9(2)15-12(14-8)16-10-4-3-5-17(7-10)11(13)18/h6,10H,3-5,7H2,1-2H3,(H2,13,18)(H,14,15,16)/t10-/m0/s1. The fourth-order valence-corrected chi connectivity index (χ4v) is 2.27. The molecule has 18 heavy (non-hydrogen) atoms. The van der Waals surface area contributed by atoms with Crippen LogP contribution in [0, 0.1) is 13.8 Å². The molecule has 1 aliphatic heterocycles. The van der Waals surface area contributed by atoms with Crippen LogP contribution in [0.3, 0.4) is 0 Å². The van der Waals surface area contributed by atoms with E-state index in [0.717, 1.165) is 30.8 Å². The SMILES string of the molecule is Cc1cc(C)nc(N[C@H]2CCCN(C(N)=O)C2)n1. The minimum Gasteiger partial charge on any atom is -0.351 e. The Bertz CT molecular complexity index is 428. The third-order valence-corrected chi connectivity index (χ3v) is 3.05. The number of aryl methyl sites for hydroxylation is 2. The molecule has 1 aromatic rings. The largest absolute Gasteiger partial charge is 0.351 e. The first kappa shape index (κ1) is 12.6. The molecule has 2 heterocycles. The van der Waals surface area contributed by atoms with Gasteiger partial charge in [0.25, 0.3) is 0 Å². The van der Waals surface area contributed by atoms with Gasteiger partial charge in [-0.2, -0.15) is 0 Å². The van der Waals surface area contributed by atoms with Crippen LogP contribution in [0.2, 0.25) is 0 Å². The molecular weight excluding hydrogens is 230 g/mol. The Morgan fingerprint density at radius 1 is 1.44 bits per heavy atom. The van der Waals surface area contributed by atoms with E-state index >= 15 is 0 Å². The number of urea groups is 1. The molecule has 0 unspecified atom stereocenters. The molecule has 1 atom stereocenters. The van der Waals surface area contributed by atoms with Crippen molar-refractivity contribution in [3.8, 4) is 0 Å². The smallest absolute Gasteiger partial charge is 0.314 e. The van der Waals surface area contributed by atoms with E-state index in [4.69, 9.17) is 5.73 Å². The number of nitrogens with one attached hydrogen (secondary N) is 1. The molecule has 6 nitrogen and oxygen atoms in total. The summed E-state index contributed by atoms with van der Waals surface area (Å²) in [5.41, 5.74) is 7.17. The Balaban J connectivity index is 2.02. The molecule has 3 N–H and O–H groups in total. The van der Waals surface area contributed by atoms with Crippen molar-refractivity contribution in [1.29, 1.82) is 0 Å². The highest BCUT2D eigenvalue weighted by atomic mass is 16.2. The van der Waals surface area contributed by atoms with Gasteiger partial charge in [-0.25, -0.2) is 14.8 Å². The van der Waals surface area contributed by atoms with E-state index < -0.39 is 0 Å². The van der Waals surface area contributed by atoms with Gasteiger partial charge in [0, 0.05) is 30.5 Å². The number of primary amides is 1. The number of nitrogens with zero attached hydrogens (tertiary/aromatic N) is 3. The predicted octanol–water partition coefficient (Wildman–Crippen LogP) is 1.05. The number of carbonyl (C=O) groups excluding carboxylic acids is 1. The number of hydrogen-bond donors (Lipinski definition) is 2. The summed E-state index contributed by atoms with van der Waals surface area (Å²) in [6.07, 6.45) is 1.95. The molecule has 2 amide bonds. The van der Waals surface area contributed by atoms with Crippen molar-refractivity contribution in [2.75, 3.05) is 18.4 Å². The average Bonchev–Trinajstić information content (AvgIpc) is 2.27. The number of aromatic nitrogens is 2. The lowest BCUT2D eigenvalue weighted by atomic mass is 10.1. The van der Waals surface area contributed by atoms with Crippen LogP contribution >= 0.6 is 0 Å². The summed E-state index contributed by atoms with van der Waals surface area (Å²) >= 11 is 0. The Hall–Kier alpha value is -1.85. The quantitative estimate of drug-likeness (QED) is 0.820. The third-order valence-electron chi connectivity index (χ3n) is 3.05. The van der Waals surface area contributed by atoms with Gasteiger partial charge in [0.1, 0.15) is 0 Å². The second-order valence-corrected chi connectivity index (χ2v) is 4.74. The lowest BCUT2D eigenvalue weighted by Crippen LogP contribution is -2.47. The van der Waals surface area contributed by atoms with Gasteiger partial charge in [0.15, 0.2) is 0 Å². The van der Waals surface area contributed by atoms with Crippen LogP contribution < -0.4 is 11.1 Å². The lowest BCUT2D eigenvalue weighted by Gasteiger charge is -2.31. The maximum atomic E-state index is 11.1. The number of anilines is 1. The molecule has 1 aromatic heterocycles. The highest BCUT2D eigenvalue weighted by molar-refractivity contribution is 5.72. The van der Waals surface area contributed by atoms with Crippen molar-refractivity contribution < 1.29 is 4.79 Å². The summed E-state index contributed by atoms with van der Waals surface area (Å²) in [5, 5.41) is 3.28. The number of nitrogens with two attached hydrogens (primary N) is 1. The van der Waals surface area contributed by atoms with Gasteiger partial charge in [-0.1, -0.05) is 0 Å². The fourth-order valence-electron chi connectivity index (χ4n) is 2.27. The third kappa shape index (κ3) is 3.09. The molecule has 0 bridgehead atoms. The second kappa shape index (κ2) is 5.20. The molecule has 98 valence electrons. The van der Waals surface area contributed by atoms with Gasteiger partial charge in [-0.05, 0) is 32.8 Å². The van der Waals surface area contributed by atoms with Crippen molar-refractivity contribution in [2.45, 2.75) is 32.7 Å². The predicted molar refractivity (Wildman–Crippen MR) is 69.3 cm³/mol. The van der Waals surface area contributed by atoms with E-state index in [1.807, 2.05) is 19.9 Å². The monoisotopic (exact) mass is 249 g/mol. The van der Waals surface area contributed by atoms with Crippen LogP contribution in [-0.2, 0) is 0 Å². The first-order valence-electron chi connectivity index (χ1n) is 6.18. The summed E-state index contributed by atoms with van der Waals surface area (Å²) in [7, 11) is 0. The van der Waals surface area contributed by atoms with E-state index in [0.29, 0.717) is 12.5 Å². The Kier molecular flexibility index (Phi) is 3.64. The van der Waals surface area contributed by atoms with Crippen molar-refractivity contribution in [1.82, 2.24) is 14.9 Å². The Labute approximate surface area is 107 Å². The maximum absolute atomic E-state index is 11.1. The van der Waals surface area contributed by atoms with E-state index in [1.54, 1.807) is 4.90 Å². The number of hydrogen-bond acceptors (Lipinski definition) is 4. The van der Waals surface area contributed by atoms with Gasteiger partial charge < -0.3 is 16.0 Å². The van der Waals surface area contributed by atoms with Crippen LogP contribution in [0.5, 0.6) is 0 Å². The topological polar surface area (TPSA) is 84.1 Å². The van der Waals surface area contributed by atoms with Gasteiger partial charge in [-0.15, -0.1) is 0 Å². The molecular formula is C12H19N5O.